The average Bonchev–Trinajstić information content (AvgIpc) is 3.23. The maximum Gasteiger partial charge on any atom is 0.262 e. The predicted molar refractivity (Wildman–Crippen MR) is 109 cm³/mol. The number of carbonyl (C=O) groups is 1. The number of nitrogens with one attached hydrogen (secondary N) is 1. The Kier molecular flexibility index (Phi) is 6.92. The predicted octanol–water partition coefficient (Wildman–Crippen LogP) is 2.02. The number of sulfonamides is 1. The lowest BCUT2D eigenvalue weighted by Crippen LogP contribution is -2.45. The van der Waals surface area contributed by atoms with E-state index in [9.17, 15) is 13.2 Å². The van der Waals surface area contributed by atoms with E-state index in [0.717, 1.165) is 11.3 Å². The summed E-state index contributed by atoms with van der Waals surface area (Å²) in [6.45, 7) is 5.95. The number of hydrogen-bond acceptors (Lipinski definition) is 5. The van der Waals surface area contributed by atoms with Crippen LogP contribution in [-0.2, 0) is 27.9 Å². The Bertz CT molecular complexity index is 941. The summed E-state index contributed by atoms with van der Waals surface area (Å²) < 4.78 is 34.4. The Labute approximate surface area is 171 Å². The topological polar surface area (TPSA) is 93.5 Å². The highest BCUT2D eigenvalue weighted by Crippen LogP contribution is 2.24. The second kappa shape index (κ2) is 9.41. The van der Waals surface area contributed by atoms with Crippen LogP contribution in [0.1, 0.15) is 32.3 Å². The molecule has 1 unspecified atom stereocenters. The molecule has 1 aromatic carbocycles. The van der Waals surface area contributed by atoms with E-state index in [-0.39, 0.29) is 23.4 Å². The van der Waals surface area contributed by atoms with Crippen LogP contribution in [0, 0.1) is 5.92 Å². The molecule has 8 nitrogen and oxygen atoms in total. The summed E-state index contributed by atoms with van der Waals surface area (Å²) in [6, 6.07) is 7.57. The zero-order chi connectivity index (χ0) is 20.9. The van der Waals surface area contributed by atoms with Crippen LogP contribution < -0.4 is 10.1 Å². The van der Waals surface area contributed by atoms with E-state index in [2.05, 4.69) is 10.3 Å². The fourth-order valence-corrected chi connectivity index (χ4v) is 4.88. The van der Waals surface area contributed by atoms with Crippen LogP contribution >= 0.6 is 0 Å². The van der Waals surface area contributed by atoms with Crippen LogP contribution in [0.25, 0.3) is 0 Å². The van der Waals surface area contributed by atoms with Crippen molar-refractivity contribution in [2.45, 2.75) is 44.8 Å². The van der Waals surface area contributed by atoms with Gasteiger partial charge in [-0.3, -0.25) is 4.79 Å². The van der Waals surface area contributed by atoms with Gasteiger partial charge in [0.15, 0.2) is 5.03 Å². The van der Waals surface area contributed by atoms with E-state index >= 15 is 0 Å². The Morgan fingerprint density at radius 1 is 1.31 bits per heavy atom. The van der Waals surface area contributed by atoms with Gasteiger partial charge in [-0.25, -0.2) is 13.4 Å². The van der Waals surface area contributed by atoms with Gasteiger partial charge in [0.25, 0.3) is 10.0 Å². The third-order valence-corrected chi connectivity index (χ3v) is 6.81. The Balaban J connectivity index is 1.63. The normalized spacial score (nSPS) is 17.8. The highest BCUT2D eigenvalue weighted by molar-refractivity contribution is 7.89. The van der Waals surface area contributed by atoms with E-state index < -0.39 is 10.0 Å². The molecule has 9 heteroatoms. The molecule has 2 aromatic rings. The maximum atomic E-state index is 12.9. The third-order valence-electron chi connectivity index (χ3n) is 5.06. The summed E-state index contributed by atoms with van der Waals surface area (Å²) in [4.78, 5) is 16.7. The largest absolute Gasteiger partial charge is 0.494 e. The monoisotopic (exact) mass is 420 g/mol. The molecule has 2 heterocycles. The second-order valence-corrected chi connectivity index (χ2v) is 8.89. The van der Waals surface area contributed by atoms with Crippen molar-refractivity contribution >= 4 is 15.9 Å². The van der Waals surface area contributed by atoms with Gasteiger partial charge in [0.2, 0.25) is 5.91 Å². The van der Waals surface area contributed by atoms with E-state index in [4.69, 9.17) is 4.74 Å². The van der Waals surface area contributed by atoms with Crippen LogP contribution in [0.5, 0.6) is 5.75 Å². The number of benzene rings is 1. The molecule has 0 radical (unpaired) electrons. The van der Waals surface area contributed by atoms with Crippen LogP contribution in [-0.4, -0.2) is 47.9 Å². The van der Waals surface area contributed by atoms with E-state index in [1.807, 2.05) is 38.1 Å². The average molecular weight is 421 g/mol. The molecule has 0 aliphatic carbocycles. The second-order valence-electron chi connectivity index (χ2n) is 7.00. The first kappa shape index (κ1) is 21.3. The molecule has 158 valence electrons. The number of nitrogens with zero attached hydrogens (tertiary/aromatic N) is 3. The fourth-order valence-electron chi connectivity index (χ4n) is 3.43. The van der Waals surface area contributed by atoms with Crippen LogP contribution in [0.2, 0.25) is 0 Å². The molecular formula is C20H28N4O4S. The molecule has 1 amide bonds. The molecule has 0 saturated carbocycles. The summed E-state index contributed by atoms with van der Waals surface area (Å²) in [7, 11) is -3.70. The number of carbonyl (C=O) groups excluding carboxylic acids is 1. The Morgan fingerprint density at radius 3 is 2.83 bits per heavy atom. The number of piperidine rings is 1. The van der Waals surface area contributed by atoms with Gasteiger partial charge in [-0.05, 0) is 32.8 Å². The molecule has 1 N–H and O–H groups in total. The summed E-state index contributed by atoms with van der Waals surface area (Å²) in [5.41, 5.74) is 0.896. The van der Waals surface area contributed by atoms with Crippen molar-refractivity contribution in [3.05, 3.63) is 42.4 Å². The Hall–Kier alpha value is -2.39. The first-order valence-electron chi connectivity index (χ1n) is 9.96. The Morgan fingerprint density at radius 2 is 2.10 bits per heavy atom. The molecule has 29 heavy (non-hydrogen) atoms. The van der Waals surface area contributed by atoms with Crippen molar-refractivity contribution < 1.29 is 17.9 Å². The van der Waals surface area contributed by atoms with Crippen molar-refractivity contribution in [2.75, 3.05) is 19.7 Å². The lowest BCUT2D eigenvalue weighted by molar-refractivity contribution is -0.126. The zero-order valence-electron chi connectivity index (χ0n) is 16.9. The third kappa shape index (κ3) is 4.97. The maximum absolute atomic E-state index is 12.9. The lowest BCUT2D eigenvalue weighted by atomic mass is 9.98. The van der Waals surface area contributed by atoms with Crippen molar-refractivity contribution in [3.8, 4) is 5.75 Å². The van der Waals surface area contributed by atoms with Crippen LogP contribution in [0.4, 0.5) is 0 Å². The molecule has 1 aliphatic heterocycles. The number of aryl methyl sites for hydroxylation is 1. The number of para-hydroxylation sites is 1. The molecule has 1 aliphatic rings. The number of rotatable bonds is 8. The summed E-state index contributed by atoms with van der Waals surface area (Å²) in [5, 5.41) is 2.97. The summed E-state index contributed by atoms with van der Waals surface area (Å²) >= 11 is 0. The van der Waals surface area contributed by atoms with Crippen molar-refractivity contribution in [2.24, 2.45) is 5.92 Å². The highest BCUT2D eigenvalue weighted by atomic mass is 32.2. The minimum absolute atomic E-state index is 0.0334. The lowest BCUT2D eigenvalue weighted by Gasteiger charge is -2.30. The fraction of sp³-hybridized carbons (Fsp3) is 0.500. The van der Waals surface area contributed by atoms with Crippen molar-refractivity contribution in [3.63, 3.8) is 0 Å². The number of imidazole rings is 1. The molecule has 1 aromatic heterocycles. The molecule has 1 atom stereocenters. The molecule has 0 spiro atoms. The minimum Gasteiger partial charge on any atom is -0.494 e. The SMILES string of the molecule is CCOc1ccccc1CNC(=O)C1CCCN(S(=O)(=O)c2cn(CC)cn2)C1. The molecule has 1 fully saturated rings. The number of hydrogen-bond donors (Lipinski definition) is 1. The molecular weight excluding hydrogens is 392 g/mol. The van der Waals surface area contributed by atoms with E-state index in [0.29, 0.717) is 39.1 Å². The summed E-state index contributed by atoms with van der Waals surface area (Å²) in [6.07, 6.45) is 4.34. The quantitative estimate of drug-likeness (QED) is 0.705. The first-order chi connectivity index (χ1) is 14.0. The molecule has 1 saturated heterocycles. The molecule has 0 bridgehead atoms. The van der Waals surface area contributed by atoms with Gasteiger partial charge < -0.3 is 14.6 Å². The minimum atomic E-state index is -3.70. The van der Waals surface area contributed by atoms with E-state index in [1.165, 1.54) is 16.8 Å². The zero-order valence-corrected chi connectivity index (χ0v) is 17.7. The van der Waals surface area contributed by atoms with Gasteiger partial charge in [0, 0.05) is 37.9 Å². The van der Waals surface area contributed by atoms with Crippen molar-refractivity contribution in [1.82, 2.24) is 19.2 Å². The van der Waals surface area contributed by atoms with Gasteiger partial charge in [-0.15, -0.1) is 0 Å². The summed E-state index contributed by atoms with van der Waals surface area (Å²) in [5.74, 6) is 0.219. The van der Waals surface area contributed by atoms with Gasteiger partial charge in [-0.1, -0.05) is 18.2 Å². The van der Waals surface area contributed by atoms with E-state index in [1.54, 1.807) is 4.57 Å². The van der Waals surface area contributed by atoms with Gasteiger partial charge in [0.05, 0.1) is 18.9 Å². The molecule has 3 rings (SSSR count). The van der Waals surface area contributed by atoms with Crippen LogP contribution in [0.3, 0.4) is 0 Å². The standard InChI is InChI=1S/C20H28N4O4S/c1-3-23-14-19(22-15-23)29(26,27)24-11-7-9-17(13-24)20(25)21-12-16-8-5-6-10-18(16)28-4-2/h5-6,8,10,14-15,17H,3-4,7,9,11-13H2,1-2H3,(H,21,25). The van der Waals surface area contributed by atoms with Crippen LogP contribution in [0.15, 0.2) is 41.8 Å². The number of amides is 1. The van der Waals surface area contributed by atoms with Gasteiger partial charge in [0.1, 0.15) is 5.75 Å². The first-order valence-corrected chi connectivity index (χ1v) is 11.4. The number of aromatic nitrogens is 2. The van der Waals surface area contributed by atoms with Crippen molar-refractivity contribution in [1.29, 1.82) is 0 Å². The van der Waals surface area contributed by atoms with Gasteiger partial charge in [-0.2, -0.15) is 4.31 Å². The smallest absolute Gasteiger partial charge is 0.262 e. The van der Waals surface area contributed by atoms with Gasteiger partial charge >= 0.3 is 0 Å². The highest BCUT2D eigenvalue weighted by Gasteiger charge is 2.34. The number of ether oxygens (including phenoxy) is 1.